The van der Waals surface area contributed by atoms with Crippen LogP contribution in [0.4, 0.5) is 0 Å². The van der Waals surface area contributed by atoms with Crippen molar-refractivity contribution in [3.63, 3.8) is 0 Å². The molecule has 0 radical (unpaired) electrons. The Bertz CT molecular complexity index is 506. The number of aromatic nitrogens is 4. The second kappa shape index (κ2) is 5.58. The van der Waals surface area contributed by atoms with Crippen molar-refractivity contribution in [2.24, 2.45) is 0 Å². The summed E-state index contributed by atoms with van der Waals surface area (Å²) in [6.45, 7) is 6.18. The van der Waals surface area contributed by atoms with E-state index in [4.69, 9.17) is 0 Å². The highest BCUT2D eigenvalue weighted by molar-refractivity contribution is 7.05. The quantitative estimate of drug-likeness (QED) is 0.902. The zero-order valence-corrected chi connectivity index (χ0v) is 11.7. The maximum absolute atomic E-state index is 10.5. The smallest absolute Gasteiger partial charge is 0.133 e. The van der Waals surface area contributed by atoms with Crippen molar-refractivity contribution < 1.29 is 5.11 Å². The molecule has 6 heteroatoms. The summed E-state index contributed by atoms with van der Waals surface area (Å²) < 4.78 is 5.78. The van der Waals surface area contributed by atoms with Crippen molar-refractivity contribution in [1.82, 2.24) is 19.4 Å². The second-order valence-electron chi connectivity index (χ2n) is 4.53. The predicted octanol–water partition coefficient (Wildman–Crippen LogP) is 2.35. The molecule has 2 aromatic heterocycles. The molecule has 0 aromatic carbocycles. The molecule has 0 spiro atoms. The summed E-state index contributed by atoms with van der Waals surface area (Å²) in [4.78, 5) is 0.833. The highest BCUT2D eigenvalue weighted by Gasteiger charge is 2.22. The molecule has 0 saturated carbocycles. The van der Waals surface area contributed by atoms with Gasteiger partial charge in [-0.15, -0.1) is 5.10 Å². The molecule has 5 nitrogen and oxygen atoms in total. The first-order valence-corrected chi connectivity index (χ1v) is 6.95. The molecular formula is C12H18N4OS. The van der Waals surface area contributed by atoms with Gasteiger partial charge in [-0.25, -0.2) is 0 Å². The van der Waals surface area contributed by atoms with Crippen molar-refractivity contribution in [3.8, 4) is 0 Å². The van der Waals surface area contributed by atoms with Crippen LogP contribution < -0.4 is 0 Å². The Balaban J connectivity index is 2.32. The fraction of sp³-hybridized carbons (Fsp3) is 0.583. The average molecular weight is 266 g/mol. The summed E-state index contributed by atoms with van der Waals surface area (Å²) in [6, 6.07) is 2.07. The van der Waals surface area contributed by atoms with Gasteiger partial charge in [0.15, 0.2) is 0 Å². The van der Waals surface area contributed by atoms with Crippen LogP contribution in [0.5, 0.6) is 0 Å². The van der Waals surface area contributed by atoms with Gasteiger partial charge in [-0.2, -0.15) is 5.10 Å². The van der Waals surface area contributed by atoms with E-state index in [-0.39, 0.29) is 6.04 Å². The maximum Gasteiger partial charge on any atom is 0.133 e. The van der Waals surface area contributed by atoms with Gasteiger partial charge >= 0.3 is 0 Å². The number of rotatable bonds is 5. The lowest BCUT2D eigenvalue weighted by Crippen LogP contribution is -2.12. The first-order chi connectivity index (χ1) is 8.65. The van der Waals surface area contributed by atoms with E-state index in [1.807, 2.05) is 24.6 Å². The van der Waals surface area contributed by atoms with Crippen molar-refractivity contribution >= 4 is 11.5 Å². The molecular weight excluding hydrogens is 248 g/mol. The van der Waals surface area contributed by atoms with E-state index in [1.54, 1.807) is 6.20 Å². The topological polar surface area (TPSA) is 63.8 Å². The summed E-state index contributed by atoms with van der Waals surface area (Å²) in [5, 5.41) is 18.8. The van der Waals surface area contributed by atoms with Crippen molar-refractivity contribution in [1.29, 1.82) is 0 Å². The Morgan fingerprint density at radius 1 is 1.44 bits per heavy atom. The van der Waals surface area contributed by atoms with Gasteiger partial charge in [-0.3, -0.25) is 4.68 Å². The average Bonchev–Trinajstić information content (AvgIpc) is 2.96. The Morgan fingerprint density at radius 2 is 2.22 bits per heavy atom. The Hall–Kier alpha value is -1.27. The van der Waals surface area contributed by atoms with E-state index >= 15 is 0 Å². The van der Waals surface area contributed by atoms with Gasteiger partial charge in [0.05, 0.1) is 16.3 Å². The van der Waals surface area contributed by atoms with E-state index in [9.17, 15) is 5.11 Å². The third-order valence-electron chi connectivity index (χ3n) is 2.79. The highest BCUT2D eigenvalue weighted by atomic mass is 32.1. The van der Waals surface area contributed by atoms with Crippen LogP contribution in [0.1, 0.15) is 55.6 Å². The van der Waals surface area contributed by atoms with E-state index in [2.05, 4.69) is 21.6 Å². The minimum Gasteiger partial charge on any atom is -0.381 e. The van der Waals surface area contributed by atoms with Gasteiger partial charge in [-0.05, 0) is 37.9 Å². The van der Waals surface area contributed by atoms with Crippen molar-refractivity contribution in [2.75, 3.05) is 0 Å². The molecule has 1 unspecified atom stereocenters. The molecule has 98 valence electrons. The third-order valence-corrected chi connectivity index (χ3v) is 3.61. The molecule has 0 aliphatic carbocycles. The number of hydrogen-bond donors (Lipinski definition) is 1. The Morgan fingerprint density at radius 3 is 2.89 bits per heavy atom. The van der Waals surface area contributed by atoms with Gasteiger partial charge in [-0.1, -0.05) is 17.8 Å². The van der Waals surface area contributed by atoms with Crippen molar-refractivity contribution in [2.45, 2.75) is 45.8 Å². The van der Waals surface area contributed by atoms with Gasteiger partial charge in [0, 0.05) is 12.2 Å². The van der Waals surface area contributed by atoms with Crippen LogP contribution in [0.3, 0.4) is 0 Å². The van der Waals surface area contributed by atoms with E-state index in [0.29, 0.717) is 0 Å². The van der Waals surface area contributed by atoms with Gasteiger partial charge in [0.25, 0.3) is 0 Å². The minimum absolute atomic E-state index is 0.222. The molecule has 2 rings (SSSR count). The number of aryl methyl sites for hydroxylation is 1. The molecule has 0 amide bonds. The van der Waals surface area contributed by atoms with E-state index in [1.165, 1.54) is 11.5 Å². The summed E-state index contributed by atoms with van der Waals surface area (Å²) >= 11 is 1.26. The molecule has 1 N–H and O–H groups in total. The second-order valence-corrected chi connectivity index (χ2v) is 5.32. The normalized spacial score (nSPS) is 13.2. The minimum atomic E-state index is -0.684. The van der Waals surface area contributed by atoms with Crippen LogP contribution in [0.25, 0.3) is 0 Å². The van der Waals surface area contributed by atoms with Crippen LogP contribution >= 0.6 is 11.5 Å². The number of nitrogens with zero attached hydrogens (tertiary/aromatic N) is 4. The van der Waals surface area contributed by atoms with Crippen molar-refractivity contribution in [3.05, 3.63) is 28.5 Å². The fourth-order valence-corrected chi connectivity index (χ4v) is 2.64. The lowest BCUT2D eigenvalue weighted by atomic mass is 10.1. The SMILES string of the molecule is CCCc1nnsc1C(O)c1ccnn1C(C)C. The zero-order chi connectivity index (χ0) is 13.1. The molecule has 18 heavy (non-hydrogen) atoms. The van der Waals surface area contributed by atoms with Gasteiger partial charge in [0.1, 0.15) is 6.10 Å². The van der Waals surface area contributed by atoms with Crippen LogP contribution in [0.15, 0.2) is 12.3 Å². The molecule has 0 bridgehead atoms. The summed E-state index contributed by atoms with van der Waals surface area (Å²) in [5.41, 5.74) is 1.69. The first-order valence-electron chi connectivity index (χ1n) is 6.17. The van der Waals surface area contributed by atoms with Crippen LogP contribution in [-0.2, 0) is 6.42 Å². The Labute approximate surface area is 111 Å². The van der Waals surface area contributed by atoms with Gasteiger partial charge < -0.3 is 5.11 Å². The lowest BCUT2D eigenvalue weighted by Gasteiger charge is -2.15. The summed E-state index contributed by atoms with van der Waals surface area (Å²) in [7, 11) is 0. The molecule has 2 heterocycles. The van der Waals surface area contributed by atoms with Crippen LogP contribution in [0, 0.1) is 0 Å². The number of hydrogen-bond acceptors (Lipinski definition) is 5. The standard InChI is InChI=1S/C12H18N4OS/c1-4-5-9-12(18-15-14-9)11(17)10-6-7-13-16(10)8(2)3/h6-8,11,17H,4-5H2,1-3H3. The van der Waals surface area contributed by atoms with E-state index < -0.39 is 6.10 Å². The molecule has 0 aliphatic rings. The maximum atomic E-state index is 10.5. The predicted molar refractivity (Wildman–Crippen MR) is 70.6 cm³/mol. The van der Waals surface area contributed by atoms with Crippen LogP contribution in [-0.4, -0.2) is 24.5 Å². The zero-order valence-electron chi connectivity index (χ0n) is 10.9. The molecule has 2 aromatic rings. The third kappa shape index (κ3) is 2.44. The molecule has 0 saturated heterocycles. The highest BCUT2D eigenvalue weighted by Crippen LogP contribution is 2.28. The Kier molecular flexibility index (Phi) is 4.08. The monoisotopic (exact) mass is 266 g/mol. The summed E-state index contributed by atoms with van der Waals surface area (Å²) in [5.74, 6) is 0. The molecule has 1 atom stereocenters. The fourth-order valence-electron chi connectivity index (χ4n) is 1.94. The lowest BCUT2D eigenvalue weighted by molar-refractivity contribution is 0.207. The largest absolute Gasteiger partial charge is 0.381 e. The van der Waals surface area contributed by atoms with E-state index in [0.717, 1.165) is 29.1 Å². The first kappa shape index (κ1) is 13.2. The number of aliphatic hydroxyl groups is 1. The van der Waals surface area contributed by atoms with Gasteiger partial charge in [0.2, 0.25) is 0 Å². The molecule has 0 aliphatic heterocycles. The summed E-state index contributed by atoms with van der Waals surface area (Å²) in [6.07, 6.45) is 2.87. The van der Waals surface area contributed by atoms with Crippen LogP contribution in [0.2, 0.25) is 0 Å². The number of aliphatic hydroxyl groups excluding tert-OH is 1. The molecule has 0 fully saturated rings.